The number of pyridine rings is 1. The number of aromatic nitrogens is 2. The van der Waals surface area contributed by atoms with E-state index >= 15 is 0 Å². The van der Waals surface area contributed by atoms with E-state index in [1.165, 1.54) is 49.1 Å². The number of carbonyl (C=O) groups is 1. The van der Waals surface area contributed by atoms with Gasteiger partial charge in [0.15, 0.2) is 0 Å². The second kappa shape index (κ2) is 7.49. The smallest absolute Gasteiger partial charge is 0.450 e. The number of hydrogen-bond donors (Lipinski definition) is 1. The minimum absolute atomic E-state index is 0.287. The molecule has 3 fully saturated rings. The lowest BCUT2D eigenvalue weighted by Gasteiger charge is -2.37. The number of halogens is 1. The first-order chi connectivity index (χ1) is 15.5. The van der Waals surface area contributed by atoms with Crippen LogP contribution in [0.3, 0.4) is 0 Å². The molecule has 1 aromatic carbocycles. The molecular formula is C24H24FN3O3S. The number of likely N-dealkylation sites (tertiary alicyclic amines) is 1. The molecule has 2 aliphatic carbocycles. The molecule has 0 atom stereocenters. The van der Waals surface area contributed by atoms with Crippen molar-refractivity contribution in [3.63, 3.8) is 0 Å². The Bertz CT molecular complexity index is 1200. The van der Waals surface area contributed by atoms with E-state index < -0.39 is 6.16 Å². The number of nitrogens with zero attached hydrogens (tertiary/aromatic N) is 3. The Labute approximate surface area is 189 Å². The lowest BCUT2D eigenvalue weighted by Crippen LogP contribution is -2.52. The highest BCUT2D eigenvalue weighted by atomic mass is 32.1. The monoisotopic (exact) mass is 453 g/mol. The van der Waals surface area contributed by atoms with Gasteiger partial charge in [0.2, 0.25) is 0 Å². The molecule has 6 nitrogen and oxygen atoms in total. The highest BCUT2D eigenvalue weighted by Crippen LogP contribution is 2.59. The molecule has 2 aromatic heterocycles. The van der Waals surface area contributed by atoms with Gasteiger partial charge in [0.05, 0.1) is 0 Å². The van der Waals surface area contributed by atoms with Crippen LogP contribution in [0.4, 0.5) is 9.18 Å². The van der Waals surface area contributed by atoms with Crippen LogP contribution in [0, 0.1) is 11.7 Å². The standard InChI is InChI=1S/C24H24FN3O3S/c25-18-10-14(11-28-12-16(13-28)31-23(29)30)4-5-17(18)21-26-19-6-7-20(27-22(19)32-21)24(8-9-24)15-2-1-3-15/h4-7,10,15-16H,1-3,8-9,11-13H2,(H,29,30). The van der Waals surface area contributed by atoms with E-state index in [1.807, 2.05) is 17.0 Å². The quantitative estimate of drug-likeness (QED) is 0.517. The van der Waals surface area contributed by atoms with Gasteiger partial charge < -0.3 is 9.84 Å². The Morgan fingerprint density at radius 1 is 1.22 bits per heavy atom. The average molecular weight is 454 g/mol. The lowest BCUT2D eigenvalue weighted by atomic mass is 9.72. The second-order valence-electron chi connectivity index (χ2n) is 9.34. The van der Waals surface area contributed by atoms with Gasteiger partial charge in [0, 0.05) is 36.3 Å². The Kier molecular flexibility index (Phi) is 4.69. The van der Waals surface area contributed by atoms with Gasteiger partial charge in [-0.25, -0.2) is 19.2 Å². The van der Waals surface area contributed by atoms with Crippen molar-refractivity contribution in [2.45, 2.75) is 50.2 Å². The SMILES string of the molecule is O=C(O)OC1CN(Cc2ccc(-c3nc4ccc(C5(C6CCC6)CC5)nc4s3)c(F)c2)C1. The number of fused-ring (bicyclic) bond motifs is 1. The Morgan fingerprint density at radius 3 is 2.69 bits per heavy atom. The molecule has 1 aliphatic heterocycles. The van der Waals surface area contributed by atoms with E-state index in [2.05, 4.69) is 11.1 Å². The second-order valence-corrected chi connectivity index (χ2v) is 10.3. The molecule has 2 saturated carbocycles. The van der Waals surface area contributed by atoms with Crippen LogP contribution in [-0.4, -0.2) is 45.3 Å². The molecule has 3 heterocycles. The summed E-state index contributed by atoms with van der Waals surface area (Å²) in [4.78, 5) is 23.1. The molecule has 0 radical (unpaired) electrons. The predicted octanol–water partition coefficient (Wildman–Crippen LogP) is 5.21. The average Bonchev–Trinajstić information content (AvgIpc) is 3.35. The number of benzene rings is 1. The first-order valence-electron chi connectivity index (χ1n) is 11.2. The van der Waals surface area contributed by atoms with E-state index in [1.54, 1.807) is 12.1 Å². The molecule has 166 valence electrons. The number of hydrogen-bond acceptors (Lipinski definition) is 6. The van der Waals surface area contributed by atoms with Gasteiger partial charge in [0.25, 0.3) is 0 Å². The van der Waals surface area contributed by atoms with Crippen molar-refractivity contribution >= 4 is 27.8 Å². The maximum atomic E-state index is 14.9. The van der Waals surface area contributed by atoms with Crippen LogP contribution >= 0.6 is 11.3 Å². The first-order valence-corrected chi connectivity index (χ1v) is 12.0. The minimum Gasteiger partial charge on any atom is -0.450 e. The molecule has 3 aliphatic rings. The zero-order chi connectivity index (χ0) is 21.9. The summed E-state index contributed by atoms with van der Waals surface area (Å²) in [5, 5.41) is 9.30. The third-order valence-corrected chi connectivity index (χ3v) is 8.30. The molecule has 3 aromatic rings. The zero-order valence-electron chi connectivity index (χ0n) is 17.6. The summed E-state index contributed by atoms with van der Waals surface area (Å²) in [6.45, 7) is 1.62. The van der Waals surface area contributed by atoms with E-state index in [0.717, 1.165) is 21.8 Å². The molecule has 0 unspecified atom stereocenters. The van der Waals surface area contributed by atoms with Crippen molar-refractivity contribution in [1.82, 2.24) is 14.9 Å². The minimum atomic E-state index is -1.25. The molecule has 0 spiro atoms. The van der Waals surface area contributed by atoms with E-state index in [-0.39, 0.29) is 17.3 Å². The summed E-state index contributed by atoms with van der Waals surface area (Å²) in [5.74, 6) is 0.482. The zero-order valence-corrected chi connectivity index (χ0v) is 18.4. The predicted molar refractivity (Wildman–Crippen MR) is 119 cm³/mol. The van der Waals surface area contributed by atoms with Gasteiger partial charge in [-0.3, -0.25) is 4.90 Å². The summed E-state index contributed by atoms with van der Waals surface area (Å²) in [5.41, 5.74) is 3.65. The first kappa shape index (κ1) is 20.1. The Morgan fingerprint density at radius 2 is 2.03 bits per heavy atom. The number of ether oxygens (including phenoxy) is 1. The molecule has 0 bridgehead atoms. The summed E-state index contributed by atoms with van der Waals surface area (Å²) < 4.78 is 19.7. The van der Waals surface area contributed by atoms with Crippen LogP contribution in [0.25, 0.3) is 20.9 Å². The van der Waals surface area contributed by atoms with Crippen molar-refractivity contribution in [3.05, 3.63) is 47.4 Å². The maximum Gasteiger partial charge on any atom is 0.506 e. The van der Waals surface area contributed by atoms with Gasteiger partial charge in [-0.15, -0.1) is 0 Å². The van der Waals surface area contributed by atoms with Crippen molar-refractivity contribution in [2.24, 2.45) is 5.92 Å². The van der Waals surface area contributed by atoms with Crippen molar-refractivity contribution < 1.29 is 19.0 Å². The van der Waals surface area contributed by atoms with Gasteiger partial charge in [-0.2, -0.15) is 0 Å². The fourth-order valence-electron chi connectivity index (χ4n) is 5.14. The third-order valence-electron chi connectivity index (χ3n) is 7.30. The highest BCUT2D eigenvalue weighted by molar-refractivity contribution is 7.21. The molecule has 8 heteroatoms. The van der Waals surface area contributed by atoms with Gasteiger partial charge >= 0.3 is 6.16 Å². The van der Waals surface area contributed by atoms with Crippen molar-refractivity contribution in [1.29, 1.82) is 0 Å². The maximum absolute atomic E-state index is 14.9. The van der Waals surface area contributed by atoms with Crippen LogP contribution in [0.5, 0.6) is 0 Å². The van der Waals surface area contributed by atoms with Gasteiger partial charge in [-0.05, 0) is 61.4 Å². The molecule has 32 heavy (non-hydrogen) atoms. The fraction of sp³-hybridized carbons (Fsp3) is 0.458. The van der Waals surface area contributed by atoms with Gasteiger partial charge in [0.1, 0.15) is 27.3 Å². The Balaban J connectivity index is 1.19. The topological polar surface area (TPSA) is 75.6 Å². The fourth-order valence-corrected chi connectivity index (χ4v) is 6.10. The summed E-state index contributed by atoms with van der Waals surface area (Å²) >= 11 is 1.46. The number of carboxylic acid groups (broad SMARTS) is 1. The lowest BCUT2D eigenvalue weighted by molar-refractivity contribution is -0.0363. The molecule has 1 N–H and O–H groups in total. The molecule has 0 amide bonds. The highest BCUT2D eigenvalue weighted by Gasteiger charge is 2.53. The van der Waals surface area contributed by atoms with E-state index in [4.69, 9.17) is 14.8 Å². The van der Waals surface area contributed by atoms with E-state index in [0.29, 0.717) is 30.2 Å². The normalized spacial score (nSPS) is 20.7. The van der Waals surface area contributed by atoms with Crippen molar-refractivity contribution in [3.8, 4) is 10.6 Å². The van der Waals surface area contributed by atoms with Gasteiger partial charge in [-0.1, -0.05) is 23.8 Å². The number of thiazole rings is 1. The third kappa shape index (κ3) is 3.46. The van der Waals surface area contributed by atoms with Crippen LogP contribution < -0.4 is 0 Å². The Hall–Kier alpha value is -2.58. The molecule has 1 saturated heterocycles. The van der Waals surface area contributed by atoms with Crippen LogP contribution in [0.15, 0.2) is 30.3 Å². The van der Waals surface area contributed by atoms with Crippen LogP contribution in [-0.2, 0) is 16.7 Å². The number of rotatable bonds is 6. The van der Waals surface area contributed by atoms with Crippen molar-refractivity contribution in [2.75, 3.05) is 13.1 Å². The molecular weight excluding hydrogens is 429 g/mol. The van der Waals surface area contributed by atoms with Crippen LogP contribution in [0.2, 0.25) is 0 Å². The summed E-state index contributed by atoms with van der Waals surface area (Å²) in [6, 6.07) is 9.41. The largest absolute Gasteiger partial charge is 0.506 e. The molecule has 6 rings (SSSR count). The summed E-state index contributed by atoms with van der Waals surface area (Å²) in [6.07, 6.45) is 4.89. The summed E-state index contributed by atoms with van der Waals surface area (Å²) in [7, 11) is 0. The van der Waals surface area contributed by atoms with Crippen LogP contribution in [0.1, 0.15) is 43.4 Å². The van der Waals surface area contributed by atoms with E-state index in [9.17, 15) is 9.18 Å².